The third kappa shape index (κ3) is 5.63. The van der Waals surface area contributed by atoms with Crippen molar-refractivity contribution in [1.82, 2.24) is 25.5 Å². The molecule has 3 aromatic rings. The van der Waals surface area contributed by atoms with Crippen LogP contribution in [0.3, 0.4) is 0 Å². The molecule has 0 saturated carbocycles. The zero-order valence-electron chi connectivity index (χ0n) is 18.1. The summed E-state index contributed by atoms with van der Waals surface area (Å²) in [6, 6.07) is 10.9. The van der Waals surface area contributed by atoms with E-state index in [0.717, 1.165) is 5.56 Å². The van der Waals surface area contributed by atoms with E-state index in [1.165, 1.54) is 10.8 Å². The summed E-state index contributed by atoms with van der Waals surface area (Å²) < 4.78 is 1.53. The zero-order valence-corrected chi connectivity index (χ0v) is 18.1. The van der Waals surface area contributed by atoms with Gasteiger partial charge in [0.2, 0.25) is 0 Å². The second-order valence-corrected chi connectivity index (χ2v) is 7.68. The average molecular weight is 438 g/mol. The molecule has 0 saturated heterocycles. The van der Waals surface area contributed by atoms with Crippen LogP contribution < -0.4 is 21.5 Å². The van der Waals surface area contributed by atoms with Crippen molar-refractivity contribution in [2.24, 2.45) is 0 Å². The van der Waals surface area contributed by atoms with Gasteiger partial charge in [-0.15, -0.1) is 0 Å². The molecule has 0 aliphatic carbocycles. The normalized spacial score (nSPS) is 10.8. The first kappa shape index (κ1) is 22.8. The van der Waals surface area contributed by atoms with E-state index in [-0.39, 0.29) is 39.8 Å². The maximum absolute atomic E-state index is 12.8. The van der Waals surface area contributed by atoms with Gasteiger partial charge in [0.05, 0.1) is 11.9 Å². The Kier molecular flexibility index (Phi) is 7.43. The highest BCUT2D eigenvalue weighted by Crippen LogP contribution is 2.24. The fraction of sp³-hybridized carbons (Fsp3) is 0.304. The molecule has 2 heterocycles. The molecule has 0 aliphatic rings. The number of fused-ring (bicyclic) bond motifs is 1. The number of nitrogens with zero attached hydrogens (tertiary/aromatic N) is 2. The molecule has 2 aromatic heterocycles. The van der Waals surface area contributed by atoms with Crippen molar-refractivity contribution in [1.29, 1.82) is 0 Å². The Labute approximate surface area is 185 Å². The Morgan fingerprint density at radius 2 is 1.78 bits per heavy atom. The Morgan fingerprint density at radius 1 is 1.06 bits per heavy atom. The van der Waals surface area contributed by atoms with Gasteiger partial charge in [0.25, 0.3) is 11.5 Å². The SMILES string of the molecule is CC(C)NC(=O)NCCCNC(=O)c1ncc2c(=O)n(Cc3ccccc3)ccc2c1O. The van der Waals surface area contributed by atoms with E-state index in [2.05, 4.69) is 20.9 Å². The molecule has 0 spiro atoms. The summed E-state index contributed by atoms with van der Waals surface area (Å²) in [5, 5.41) is 19.1. The van der Waals surface area contributed by atoms with Crippen LogP contribution in [0.5, 0.6) is 5.75 Å². The highest BCUT2D eigenvalue weighted by atomic mass is 16.3. The van der Waals surface area contributed by atoms with Crippen LogP contribution in [0.1, 0.15) is 36.3 Å². The molecule has 3 amide bonds. The van der Waals surface area contributed by atoms with Crippen LogP contribution in [0.15, 0.2) is 53.6 Å². The van der Waals surface area contributed by atoms with E-state index in [0.29, 0.717) is 26.1 Å². The molecule has 3 rings (SSSR count). The summed E-state index contributed by atoms with van der Waals surface area (Å²) in [5.74, 6) is -0.886. The van der Waals surface area contributed by atoms with Gasteiger partial charge in [-0.2, -0.15) is 0 Å². The minimum absolute atomic E-state index is 0.0408. The van der Waals surface area contributed by atoms with Gasteiger partial charge in [-0.1, -0.05) is 30.3 Å². The Bertz CT molecular complexity index is 1160. The van der Waals surface area contributed by atoms with E-state index in [1.807, 2.05) is 44.2 Å². The molecule has 0 bridgehead atoms. The second kappa shape index (κ2) is 10.4. The summed E-state index contributed by atoms with van der Waals surface area (Å²) in [6.07, 6.45) is 3.41. The summed E-state index contributed by atoms with van der Waals surface area (Å²) in [6.45, 7) is 4.79. The van der Waals surface area contributed by atoms with Crippen molar-refractivity contribution in [3.8, 4) is 5.75 Å². The quantitative estimate of drug-likeness (QED) is 0.401. The Balaban J connectivity index is 1.64. The number of hydrogen-bond donors (Lipinski definition) is 4. The van der Waals surface area contributed by atoms with Gasteiger partial charge < -0.3 is 25.6 Å². The van der Waals surface area contributed by atoms with Crippen LogP contribution in [0, 0.1) is 0 Å². The van der Waals surface area contributed by atoms with Gasteiger partial charge in [0, 0.05) is 36.9 Å². The van der Waals surface area contributed by atoms with Crippen LogP contribution in [-0.2, 0) is 6.54 Å². The molecule has 0 aliphatic heterocycles. The van der Waals surface area contributed by atoms with Gasteiger partial charge in [-0.05, 0) is 31.9 Å². The zero-order chi connectivity index (χ0) is 23.1. The van der Waals surface area contributed by atoms with Crippen molar-refractivity contribution in [2.75, 3.05) is 13.1 Å². The maximum Gasteiger partial charge on any atom is 0.314 e. The maximum atomic E-state index is 12.8. The average Bonchev–Trinajstić information content (AvgIpc) is 2.76. The lowest BCUT2D eigenvalue weighted by Gasteiger charge is -2.11. The van der Waals surface area contributed by atoms with E-state index in [1.54, 1.807) is 12.3 Å². The van der Waals surface area contributed by atoms with Crippen molar-refractivity contribution >= 4 is 22.7 Å². The first-order chi connectivity index (χ1) is 15.4. The lowest BCUT2D eigenvalue weighted by Crippen LogP contribution is -2.40. The third-order valence-corrected chi connectivity index (χ3v) is 4.76. The van der Waals surface area contributed by atoms with Crippen molar-refractivity contribution < 1.29 is 14.7 Å². The van der Waals surface area contributed by atoms with Crippen LogP contribution >= 0.6 is 0 Å². The minimum Gasteiger partial charge on any atom is -0.505 e. The van der Waals surface area contributed by atoms with Crippen LogP contribution in [0.2, 0.25) is 0 Å². The van der Waals surface area contributed by atoms with Crippen molar-refractivity contribution in [2.45, 2.75) is 32.9 Å². The number of rotatable bonds is 8. The predicted molar refractivity (Wildman–Crippen MR) is 122 cm³/mol. The number of urea groups is 1. The molecule has 9 nitrogen and oxygen atoms in total. The standard InChI is InChI=1S/C23H27N5O4/c1-15(2)27-23(32)25-11-6-10-24-21(30)19-20(29)17-9-12-28(22(31)18(17)13-26-19)14-16-7-4-3-5-8-16/h3-5,7-9,12-13,15,29H,6,10-11,14H2,1-2H3,(H,24,30)(H2,25,27,32). The van der Waals surface area contributed by atoms with Gasteiger partial charge >= 0.3 is 6.03 Å². The summed E-state index contributed by atoms with van der Waals surface area (Å²) in [5.41, 5.74) is 0.522. The molecular formula is C23H27N5O4. The highest BCUT2D eigenvalue weighted by molar-refractivity contribution is 6.01. The molecule has 168 valence electrons. The van der Waals surface area contributed by atoms with Crippen molar-refractivity contribution in [3.63, 3.8) is 0 Å². The molecule has 1 aromatic carbocycles. The molecular weight excluding hydrogens is 410 g/mol. The van der Waals surface area contributed by atoms with Gasteiger partial charge in [-0.25, -0.2) is 9.78 Å². The summed E-state index contributed by atoms with van der Waals surface area (Å²) >= 11 is 0. The number of pyridine rings is 2. The number of benzene rings is 1. The minimum atomic E-state index is -0.551. The summed E-state index contributed by atoms with van der Waals surface area (Å²) in [7, 11) is 0. The number of carbonyl (C=O) groups excluding carboxylic acids is 2. The molecule has 4 N–H and O–H groups in total. The van der Waals surface area contributed by atoms with E-state index in [4.69, 9.17) is 0 Å². The number of aromatic nitrogens is 2. The molecule has 9 heteroatoms. The van der Waals surface area contributed by atoms with Crippen LogP contribution in [0.25, 0.3) is 10.8 Å². The molecule has 0 unspecified atom stereocenters. The molecule has 0 atom stereocenters. The van der Waals surface area contributed by atoms with E-state index < -0.39 is 5.91 Å². The van der Waals surface area contributed by atoms with Crippen LogP contribution in [-0.4, -0.2) is 45.7 Å². The largest absolute Gasteiger partial charge is 0.505 e. The van der Waals surface area contributed by atoms with Gasteiger partial charge in [-0.3, -0.25) is 9.59 Å². The lowest BCUT2D eigenvalue weighted by molar-refractivity contribution is 0.0946. The fourth-order valence-corrected chi connectivity index (χ4v) is 3.20. The molecule has 32 heavy (non-hydrogen) atoms. The number of nitrogens with one attached hydrogen (secondary N) is 3. The predicted octanol–water partition coefficient (Wildman–Crippen LogP) is 1.98. The van der Waals surface area contributed by atoms with Gasteiger partial charge in [0.15, 0.2) is 11.4 Å². The van der Waals surface area contributed by atoms with Crippen molar-refractivity contribution in [3.05, 3.63) is 70.4 Å². The Hall–Kier alpha value is -3.88. The topological polar surface area (TPSA) is 125 Å². The number of aromatic hydroxyl groups is 1. The number of carbonyl (C=O) groups is 2. The monoisotopic (exact) mass is 437 g/mol. The Morgan fingerprint density at radius 3 is 2.50 bits per heavy atom. The van der Waals surface area contributed by atoms with Crippen LogP contribution in [0.4, 0.5) is 4.79 Å². The first-order valence-electron chi connectivity index (χ1n) is 10.4. The third-order valence-electron chi connectivity index (χ3n) is 4.76. The fourth-order valence-electron chi connectivity index (χ4n) is 3.20. The number of amides is 3. The van der Waals surface area contributed by atoms with Gasteiger partial charge in [0.1, 0.15) is 0 Å². The lowest BCUT2D eigenvalue weighted by atomic mass is 10.1. The highest BCUT2D eigenvalue weighted by Gasteiger charge is 2.17. The number of hydrogen-bond acceptors (Lipinski definition) is 5. The molecule has 0 radical (unpaired) electrons. The molecule has 0 fully saturated rings. The smallest absolute Gasteiger partial charge is 0.314 e. The van der Waals surface area contributed by atoms with E-state index >= 15 is 0 Å². The first-order valence-corrected chi connectivity index (χ1v) is 10.4. The summed E-state index contributed by atoms with van der Waals surface area (Å²) in [4.78, 5) is 40.8. The van der Waals surface area contributed by atoms with E-state index in [9.17, 15) is 19.5 Å². The second-order valence-electron chi connectivity index (χ2n) is 7.68.